The lowest BCUT2D eigenvalue weighted by molar-refractivity contribution is 0.277. The lowest BCUT2D eigenvalue weighted by Crippen LogP contribution is -2.13. The van der Waals surface area contributed by atoms with Crippen molar-refractivity contribution in [1.82, 2.24) is 9.97 Å². The Balaban J connectivity index is 2.24. The molecule has 2 aromatic heterocycles. The van der Waals surface area contributed by atoms with Gasteiger partial charge in [0, 0.05) is 22.6 Å². The average molecular weight is 332 g/mol. The molecule has 0 amide bonds. The van der Waals surface area contributed by atoms with E-state index in [0.717, 1.165) is 4.47 Å². The third-order valence-electron chi connectivity index (χ3n) is 2.16. The van der Waals surface area contributed by atoms with Crippen molar-refractivity contribution >= 4 is 31.8 Å². The Morgan fingerprint density at radius 2 is 2.22 bits per heavy atom. The van der Waals surface area contributed by atoms with Gasteiger partial charge in [-0.2, -0.15) is 0 Å². The summed E-state index contributed by atoms with van der Waals surface area (Å²) in [4.78, 5) is 6.63. The number of H-pyrrole nitrogens is 1. The molecule has 6 nitrogen and oxygen atoms in total. The van der Waals surface area contributed by atoms with Gasteiger partial charge in [-0.3, -0.25) is 4.72 Å². The zero-order valence-corrected chi connectivity index (χ0v) is 11.5. The van der Waals surface area contributed by atoms with E-state index in [-0.39, 0.29) is 17.3 Å². The van der Waals surface area contributed by atoms with Crippen LogP contribution in [0, 0.1) is 0 Å². The monoisotopic (exact) mass is 331 g/mol. The number of hydrogen-bond acceptors (Lipinski definition) is 4. The lowest BCUT2D eigenvalue weighted by atomic mass is 10.5. The van der Waals surface area contributed by atoms with Crippen molar-refractivity contribution in [3.8, 4) is 0 Å². The fourth-order valence-electron chi connectivity index (χ4n) is 1.30. The largest absolute Gasteiger partial charge is 0.390 e. The SMILES string of the molecule is O=S(=O)(Nc1ccc(Br)cn1)c1c[nH]c(CO)c1. The van der Waals surface area contributed by atoms with Gasteiger partial charge in [0.2, 0.25) is 0 Å². The zero-order chi connectivity index (χ0) is 13.2. The Morgan fingerprint density at radius 1 is 1.44 bits per heavy atom. The summed E-state index contributed by atoms with van der Waals surface area (Å²) in [6.07, 6.45) is 2.81. The van der Waals surface area contributed by atoms with Gasteiger partial charge in [0.15, 0.2) is 0 Å². The van der Waals surface area contributed by atoms with E-state index in [1.807, 2.05) is 0 Å². The number of aliphatic hydroxyl groups is 1. The third-order valence-corrected chi connectivity index (χ3v) is 3.97. The van der Waals surface area contributed by atoms with Crippen molar-refractivity contribution < 1.29 is 13.5 Å². The highest BCUT2D eigenvalue weighted by Gasteiger charge is 2.16. The highest BCUT2D eigenvalue weighted by molar-refractivity contribution is 9.10. The smallest absolute Gasteiger partial charge is 0.264 e. The fourth-order valence-corrected chi connectivity index (χ4v) is 2.56. The van der Waals surface area contributed by atoms with E-state index in [2.05, 4.69) is 30.6 Å². The molecule has 0 aliphatic heterocycles. The Bertz CT molecular complexity index is 637. The van der Waals surface area contributed by atoms with Crippen LogP contribution in [0.5, 0.6) is 0 Å². The molecule has 0 atom stereocenters. The number of aromatic amines is 1. The van der Waals surface area contributed by atoms with Gasteiger partial charge in [0.25, 0.3) is 10.0 Å². The van der Waals surface area contributed by atoms with Crippen molar-refractivity contribution in [3.63, 3.8) is 0 Å². The summed E-state index contributed by atoms with van der Waals surface area (Å²) in [5, 5.41) is 8.87. The molecule has 96 valence electrons. The van der Waals surface area contributed by atoms with Crippen LogP contribution in [-0.2, 0) is 16.6 Å². The van der Waals surface area contributed by atoms with Gasteiger partial charge in [0.05, 0.1) is 6.61 Å². The minimum atomic E-state index is -3.69. The number of hydrogen-bond donors (Lipinski definition) is 3. The Kier molecular flexibility index (Phi) is 3.69. The molecule has 18 heavy (non-hydrogen) atoms. The lowest BCUT2D eigenvalue weighted by Gasteiger charge is -2.04. The summed E-state index contributed by atoms with van der Waals surface area (Å²) in [6, 6.07) is 4.59. The first-order valence-electron chi connectivity index (χ1n) is 4.94. The second kappa shape index (κ2) is 5.09. The summed E-state index contributed by atoms with van der Waals surface area (Å²) in [5.74, 6) is 0.227. The second-order valence-electron chi connectivity index (χ2n) is 3.49. The average Bonchev–Trinajstić information content (AvgIpc) is 2.81. The first-order valence-corrected chi connectivity index (χ1v) is 7.21. The van der Waals surface area contributed by atoms with Crippen LogP contribution in [0.2, 0.25) is 0 Å². The van der Waals surface area contributed by atoms with Gasteiger partial charge in [-0.15, -0.1) is 0 Å². The number of aliphatic hydroxyl groups excluding tert-OH is 1. The molecule has 0 unspecified atom stereocenters. The molecular formula is C10H10BrN3O3S. The highest BCUT2D eigenvalue weighted by Crippen LogP contribution is 2.16. The molecule has 0 aromatic carbocycles. The number of pyridine rings is 1. The molecule has 0 aliphatic carbocycles. The standard InChI is InChI=1S/C10H10BrN3O3S/c11-7-1-2-10(13-4-7)14-18(16,17)9-3-8(6-15)12-5-9/h1-5,12,15H,6H2,(H,13,14). The van der Waals surface area contributed by atoms with Crippen molar-refractivity contribution in [2.45, 2.75) is 11.5 Å². The highest BCUT2D eigenvalue weighted by atomic mass is 79.9. The van der Waals surface area contributed by atoms with Crippen LogP contribution in [0.3, 0.4) is 0 Å². The van der Waals surface area contributed by atoms with Crippen LogP contribution in [0.25, 0.3) is 0 Å². The maximum Gasteiger partial charge on any atom is 0.264 e. The molecule has 0 saturated carbocycles. The normalized spacial score (nSPS) is 11.4. The van der Waals surface area contributed by atoms with Crippen LogP contribution in [-0.4, -0.2) is 23.5 Å². The zero-order valence-electron chi connectivity index (χ0n) is 9.09. The predicted molar refractivity (Wildman–Crippen MR) is 69.5 cm³/mol. The van der Waals surface area contributed by atoms with Gasteiger partial charge in [-0.05, 0) is 34.1 Å². The molecule has 0 aliphatic rings. The van der Waals surface area contributed by atoms with Crippen LogP contribution >= 0.6 is 15.9 Å². The topological polar surface area (TPSA) is 95.1 Å². The number of halogens is 1. The first-order chi connectivity index (χ1) is 8.51. The third kappa shape index (κ3) is 2.89. The van der Waals surface area contributed by atoms with E-state index in [4.69, 9.17) is 5.11 Å². The van der Waals surface area contributed by atoms with Crippen LogP contribution in [0.15, 0.2) is 40.0 Å². The summed E-state index contributed by atoms with van der Waals surface area (Å²) in [6.45, 7) is -0.244. The predicted octanol–water partition coefficient (Wildman–Crippen LogP) is 1.47. The molecule has 2 rings (SSSR count). The minimum absolute atomic E-state index is 0.0521. The summed E-state index contributed by atoms with van der Waals surface area (Å²) >= 11 is 3.21. The second-order valence-corrected chi connectivity index (χ2v) is 6.08. The molecule has 0 fully saturated rings. The molecule has 0 spiro atoms. The first kappa shape index (κ1) is 13.1. The number of anilines is 1. The van der Waals surface area contributed by atoms with E-state index in [9.17, 15) is 8.42 Å². The van der Waals surface area contributed by atoms with Crippen molar-refractivity contribution in [2.24, 2.45) is 0 Å². The molecule has 0 bridgehead atoms. The van der Waals surface area contributed by atoms with Gasteiger partial charge in [-0.25, -0.2) is 13.4 Å². The molecular weight excluding hydrogens is 322 g/mol. The Hall–Kier alpha value is -1.38. The van der Waals surface area contributed by atoms with E-state index >= 15 is 0 Å². The Morgan fingerprint density at radius 3 is 2.78 bits per heavy atom. The Labute approximate surface area is 112 Å². The van der Waals surface area contributed by atoms with Gasteiger partial charge in [0.1, 0.15) is 10.7 Å². The van der Waals surface area contributed by atoms with Crippen molar-refractivity contribution in [1.29, 1.82) is 0 Å². The summed E-state index contributed by atoms with van der Waals surface area (Å²) in [5.41, 5.74) is 0.430. The van der Waals surface area contributed by atoms with Gasteiger partial charge < -0.3 is 10.1 Å². The summed E-state index contributed by atoms with van der Waals surface area (Å²) in [7, 11) is -3.69. The molecule has 2 aromatic rings. The number of rotatable bonds is 4. The van der Waals surface area contributed by atoms with Crippen LogP contribution in [0.4, 0.5) is 5.82 Å². The fraction of sp³-hybridized carbons (Fsp3) is 0.100. The van der Waals surface area contributed by atoms with E-state index in [0.29, 0.717) is 5.69 Å². The van der Waals surface area contributed by atoms with Gasteiger partial charge in [-0.1, -0.05) is 0 Å². The van der Waals surface area contributed by atoms with Crippen LogP contribution < -0.4 is 4.72 Å². The molecule has 8 heteroatoms. The molecule has 0 saturated heterocycles. The number of aromatic nitrogens is 2. The molecule has 0 radical (unpaired) electrons. The van der Waals surface area contributed by atoms with E-state index in [1.165, 1.54) is 18.5 Å². The maximum absolute atomic E-state index is 12.0. The van der Waals surface area contributed by atoms with E-state index < -0.39 is 10.0 Å². The quantitative estimate of drug-likeness (QED) is 0.790. The number of nitrogens with zero attached hydrogens (tertiary/aromatic N) is 1. The van der Waals surface area contributed by atoms with Gasteiger partial charge >= 0.3 is 0 Å². The maximum atomic E-state index is 12.0. The van der Waals surface area contributed by atoms with E-state index in [1.54, 1.807) is 12.1 Å². The molecule has 2 heterocycles. The number of sulfonamides is 1. The van der Waals surface area contributed by atoms with Crippen molar-refractivity contribution in [3.05, 3.63) is 40.8 Å². The van der Waals surface area contributed by atoms with Crippen LogP contribution in [0.1, 0.15) is 5.69 Å². The van der Waals surface area contributed by atoms with Crippen molar-refractivity contribution in [2.75, 3.05) is 4.72 Å². The summed E-state index contributed by atoms with van der Waals surface area (Å²) < 4.78 is 27.0. The molecule has 3 N–H and O–H groups in total. The minimum Gasteiger partial charge on any atom is -0.390 e. The number of nitrogens with one attached hydrogen (secondary N) is 2.